The molecule has 0 bridgehead atoms. The summed E-state index contributed by atoms with van der Waals surface area (Å²) in [5, 5.41) is 22.6. The summed E-state index contributed by atoms with van der Waals surface area (Å²) in [6.45, 7) is 1.45. The topological polar surface area (TPSA) is 125 Å². The number of aliphatic hydroxyl groups is 1. The molecule has 0 spiro atoms. The first-order valence-corrected chi connectivity index (χ1v) is 8.96. The van der Waals surface area contributed by atoms with Gasteiger partial charge in [0.15, 0.2) is 5.69 Å². The Morgan fingerprint density at radius 1 is 1.31 bits per heavy atom. The minimum absolute atomic E-state index is 0.0342. The Kier molecular flexibility index (Phi) is 5.64. The molecule has 2 aromatic rings. The summed E-state index contributed by atoms with van der Waals surface area (Å²) >= 11 is 0. The molecule has 1 saturated heterocycles. The fourth-order valence-corrected chi connectivity index (χ4v) is 3.34. The number of hydrogen-bond donors (Lipinski definition) is 3. The molecular weight excluding hydrogens is 383 g/mol. The highest BCUT2D eigenvalue weighted by Crippen LogP contribution is 2.31. The van der Waals surface area contributed by atoms with Gasteiger partial charge in [0, 0.05) is 33.5 Å². The third kappa shape index (κ3) is 4.11. The molecule has 2 amide bonds. The smallest absolute Gasteiger partial charge is 0.296 e. The highest BCUT2D eigenvalue weighted by atomic mass is 19.1. The van der Waals surface area contributed by atoms with E-state index in [2.05, 4.69) is 10.3 Å². The number of rotatable bonds is 4. The monoisotopic (exact) mass is 404 g/mol. The fourth-order valence-electron chi connectivity index (χ4n) is 3.34. The van der Waals surface area contributed by atoms with E-state index < -0.39 is 40.9 Å². The van der Waals surface area contributed by atoms with Gasteiger partial charge < -0.3 is 20.4 Å². The van der Waals surface area contributed by atoms with Gasteiger partial charge in [-0.15, -0.1) is 0 Å². The van der Waals surface area contributed by atoms with Gasteiger partial charge in [-0.1, -0.05) is 12.1 Å². The average Bonchev–Trinajstić information content (AvgIpc) is 3.07. The number of aromatic nitrogens is 2. The average molecular weight is 404 g/mol. The lowest BCUT2D eigenvalue weighted by molar-refractivity contribution is -0.130. The summed E-state index contributed by atoms with van der Waals surface area (Å²) in [6, 6.07) is 4.76. The Labute approximate surface area is 165 Å². The minimum atomic E-state index is -0.841. The van der Waals surface area contributed by atoms with Gasteiger partial charge in [0.05, 0.1) is 12.1 Å². The third-order valence-corrected chi connectivity index (χ3v) is 4.86. The van der Waals surface area contributed by atoms with E-state index in [4.69, 9.17) is 0 Å². The van der Waals surface area contributed by atoms with Gasteiger partial charge in [-0.25, -0.2) is 9.37 Å². The Morgan fingerprint density at radius 3 is 2.59 bits per heavy atom. The number of likely N-dealkylation sites (tertiary alicyclic amines) is 1. The number of nitrogens with one attached hydrogen (secondary N) is 1. The Morgan fingerprint density at radius 2 is 1.97 bits per heavy atom. The van der Waals surface area contributed by atoms with Crippen LogP contribution >= 0.6 is 0 Å². The molecule has 1 aromatic heterocycles. The van der Waals surface area contributed by atoms with E-state index in [0.717, 1.165) is 4.57 Å². The van der Waals surface area contributed by atoms with Crippen molar-refractivity contribution < 1.29 is 24.2 Å². The van der Waals surface area contributed by atoms with Crippen molar-refractivity contribution in [2.45, 2.75) is 32.0 Å². The maximum absolute atomic E-state index is 13.0. The molecule has 154 valence electrons. The van der Waals surface area contributed by atoms with Gasteiger partial charge in [0.1, 0.15) is 11.6 Å². The molecular formula is C19H21FN4O5. The van der Waals surface area contributed by atoms with E-state index in [9.17, 15) is 29.0 Å². The summed E-state index contributed by atoms with van der Waals surface area (Å²) in [6.07, 6.45) is -0.633. The molecule has 0 unspecified atom stereocenters. The lowest BCUT2D eigenvalue weighted by atomic mass is 10.1. The Hall–Kier alpha value is -3.27. The minimum Gasteiger partial charge on any atom is -0.501 e. The number of aromatic hydroxyl groups is 1. The van der Waals surface area contributed by atoms with Crippen LogP contribution in [-0.4, -0.2) is 49.1 Å². The van der Waals surface area contributed by atoms with Crippen LogP contribution in [0.2, 0.25) is 0 Å². The third-order valence-electron chi connectivity index (χ3n) is 4.86. The zero-order valence-electron chi connectivity index (χ0n) is 15.9. The van der Waals surface area contributed by atoms with E-state index in [-0.39, 0.29) is 31.2 Å². The molecule has 10 heteroatoms. The number of aliphatic hydroxyl groups excluding tert-OH is 1. The van der Waals surface area contributed by atoms with Crippen molar-refractivity contribution in [3.63, 3.8) is 0 Å². The maximum Gasteiger partial charge on any atom is 0.296 e. The van der Waals surface area contributed by atoms with Gasteiger partial charge in [0.25, 0.3) is 11.5 Å². The zero-order chi connectivity index (χ0) is 21.3. The molecule has 0 radical (unpaired) electrons. The Bertz CT molecular complexity index is 1000. The van der Waals surface area contributed by atoms with Crippen molar-refractivity contribution in [2.24, 2.45) is 7.05 Å². The highest BCUT2D eigenvalue weighted by molar-refractivity contribution is 5.94. The standard InChI is InChI=1S/C19H21FN4O5/c1-10(25)24-9-13(26)7-14(24)17-22-15(16(27)19(29)23(17)2)18(28)21-8-11-3-5-12(20)6-4-11/h3-6,13-14,26-27H,7-9H2,1-2H3,(H,21,28)/t13-,14+/m1/s1. The number of benzene rings is 1. The number of halogens is 1. The van der Waals surface area contributed by atoms with Gasteiger partial charge in [-0.2, -0.15) is 0 Å². The first-order valence-electron chi connectivity index (χ1n) is 8.96. The number of nitrogens with zero attached hydrogens (tertiary/aromatic N) is 3. The van der Waals surface area contributed by atoms with Crippen LogP contribution in [0.3, 0.4) is 0 Å². The second-order valence-electron chi connectivity index (χ2n) is 6.92. The van der Waals surface area contributed by atoms with Crippen LogP contribution < -0.4 is 10.9 Å². The highest BCUT2D eigenvalue weighted by Gasteiger charge is 2.37. The van der Waals surface area contributed by atoms with Crippen LogP contribution in [0, 0.1) is 5.82 Å². The quantitative estimate of drug-likeness (QED) is 0.669. The van der Waals surface area contributed by atoms with E-state index in [0.29, 0.717) is 5.56 Å². The van der Waals surface area contributed by atoms with E-state index in [1.807, 2.05) is 0 Å². The van der Waals surface area contributed by atoms with Crippen molar-refractivity contribution >= 4 is 11.8 Å². The summed E-state index contributed by atoms with van der Waals surface area (Å²) in [7, 11) is 1.37. The maximum atomic E-state index is 13.0. The van der Waals surface area contributed by atoms with E-state index >= 15 is 0 Å². The van der Waals surface area contributed by atoms with Crippen LogP contribution in [0.5, 0.6) is 5.75 Å². The molecule has 29 heavy (non-hydrogen) atoms. The lowest BCUT2D eigenvalue weighted by Crippen LogP contribution is -2.35. The van der Waals surface area contributed by atoms with Gasteiger partial charge in [-0.3, -0.25) is 19.0 Å². The molecule has 3 N–H and O–H groups in total. The summed E-state index contributed by atoms with van der Waals surface area (Å²) in [4.78, 5) is 42.4. The van der Waals surface area contributed by atoms with Crippen LogP contribution in [-0.2, 0) is 18.4 Å². The number of carbonyl (C=O) groups excluding carboxylic acids is 2. The number of hydrogen-bond acceptors (Lipinski definition) is 6. The molecule has 1 aliphatic rings. The predicted molar refractivity (Wildman–Crippen MR) is 99.5 cm³/mol. The lowest BCUT2D eigenvalue weighted by Gasteiger charge is -2.24. The Balaban J connectivity index is 1.91. The van der Waals surface area contributed by atoms with Crippen molar-refractivity contribution in [1.29, 1.82) is 0 Å². The van der Waals surface area contributed by atoms with Crippen LogP contribution in [0.4, 0.5) is 4.39 Å². The summed E-state index contributed by atoms with van der Waals surface area (Å²) in [5.41, 5.74) is -0.702. The van der Waals surface area contributed by atoms with Gasteiger partial charge in [-0.05, 0) is 17.7 Å². The van der Waals surface area contributed by atoms with Crippen molar-refractivity contribution in [3.8, 4) is 5.75 Å². The summed E-state index contributed by atoms with van der Waals surface area (Å²) in [5.74, 6) is -2.24. The van der Waals surface area contributed by atoms with Crippen LogP contribution in [0.1, 0.15) is 41.3 Å². The molecule has 1 aliphatic heterocycles. The largest absolute Gasteiger partial charge is 0.501 e. The van der Waals surface area contributed by atoms with E-state index in [1.54, 1.807) is 0 Å². The molecule has 2 atom stereocenters. The van der Waals surface area contributed by atoms with Gasteiger partial charge in [0.2, 0.25) is 11.7 Å². The first-order chi connectivity index (χ1) is 13.7. The number of β-amino-alcohol motifs (C(OH)–C–C–N with tert-alkyl or cyclic N) is 1. The van der Waals surface area contributed by atoms with Crippen molar-refractivity contribution in [3.05, 3.63) is 57.5 Å². The molecule has 3 rings (SSSR count). The molecule has 0 aliphatic carbocycles. The van der Waals surface area contributed by atoms with Crippen molar-refractivity contribution in [1.82, 2.24) is 19.8 Å². The molecule has 2 heterocycles. The van der Waals surface area contributed by atoms with E-state index in [1.165, 1.54) is 43.1 Å². The molecule has 9 nitrogen and oxygen atoms in total. The second-order valence-corrected chi connectivity index (χ2v) is 6.92. The van der Waals surface area contributed by atoms with Crippen LogP contribution in [0.25, 0.3) is 0 Å². The van der Waals surface area contributed by atoms with Crippen LogP contribution in [0.15, 0.2) is 29.1 Å². The number of carbonyl (C=O) groups is 2. The first kappa shape index (κ1) is 20.5. The molecule has 1 aromatic carbocycles. The number of amides is 2. The van der Waals surface area contributed by atoms with Gasteiger partial charge >= 0.3 is 0 Å². The molecule has 0 saturated carbocycles. The van der Waals surface area contributed by atoms with Crippen molar-refractivity contribution in [2.75, 3.05) is 6.54 Å². The molecule has 1 fully saturated rings. The fraction of sp³-hybridized carbons (Fsp3) is 0.368. The normalized spacial score (nSPS) is 18.7. The SMILES string of the molecule is CC(=O)N1C[C@H](O)C[C@H]1c1nc(C(=O)NCc2ccc(F)cc2)c(O)c(=O)n1C. The predicted octanol–water partition coefficient (Wildman–Crippen LogP) is 0.209. The second kappa shape index (κ2) is 8.00. The zero-order valence-corrected chi connectivity index (χ0v) is 15.9. The summed E-state index contributed by atoms with van der Waals surface area (Å²) < 4.78 is 14.0.